The third-order valence-corrected chi connectivity index (χ3v) is 3.23. The smallest absolute Gasteiger partial charge is 0.231 e. The first-order valence-electron chi connectivity index (χ1n) is 5.57. The van der Waals surface area contributed by atoms with Crippen LogP contribution in [0.25, 0.3) is 17.0 Å². The van der Waals surface area contributed by atoms with Gasteiger partial charge < -0.3 is 9.47 Å². The van der Waals surface area contributed by atoms with Crippen LogP contribution >= 0.6 is 11.6 Å². The third-order valence-electron chi connectivity index (χ3n) is 2.92. The van der Waals surface area contributed by atoms with Crippen LogP contribution in [0.4, 0.5) is 0 Å². The molecule has 0 amide bonds. The molecule has 0 N–H and O–H groups in total. The summed E-state index contributed by atoms with van der Waals surface area (Å²) in [4.78, 5) is 4.00. The fourth-order valence-corrected chi connectivity index (χ4v) is 2.26. The standard InChI is InChI=1S/C12H7ClN4O2/c13-8-4-10-9(18-6-19-10)3-7(8)12-16-15-11-5-14-1-2-17(11)12/h1-5H,6H2. The molecule has 1 aliphatic heterocycles. The first kappa shape index (κ1) is 10.6. The van der Waals surface area contributed by atoms with Crippen LogP contribution < -0.4 is 9.47 Å². The molecule has 2 aromatic heterocycles. The van der Waals surface area contributed by atoms with Crippen LogP contribution in [0.5, 0.6) is 11.5 Å². The lowest BCUT2D eigenvalue weighted by atomic mass is 10.2. The first-order valence-corrected chi connectivity index (χ1v) is 5.95. The van der Waals surface area contributed by atoms with Gasteiger partial charge in [-0.2, -0.15) is 0 Å². The molecule has 0 unspecified atom stereocenters. The lowest BCUT2D eigenvalue weighted by Gasteiger charge is -2.04. The van der Waals surface area contributed by atoms with Crippen molar-refractivity contribution in [1.82, 2.24) is 19.6 Å². The molecule has 3 aromatic rings. The molecule has 0 fully saturated rings. The van der Waals surface area contributed by atoms with Gasteiger partial charge in [0.2, 0.25) is 6.79 Å². The zero-order valence-corrected chi connectivity index (χ0v) is 10.3. The van der Waals surface area contributed by atoms with Crippen LogP contribution in [0.3, 0.4) is 0 Å². The summed E-state index contributed by atoms with van der Waals surface area (Å²) in [5.74, 6) is 1.94. The lowest BCUT2D eigenvalue weighted by Crippen LogP contribution is -1.93. The number of hydrogen-bond acceptors (Lipinski definition) is 5. The molecule has 19 heavy (non-hydrogen) atoms. The van der Waals surface area contributed by atoms with Gasteiger partial charge in [-0.15, -0.1) is 10.2 Å². The summed E-state index contributed by atoms with van der Waals surface area (Å²) >= 11 is 6.27. The van der Waals surface area contributed by atoms with Crippen LogP contribution in [-0.2, 0) is 0 Å². The minimum atomic E-state index is 0.208. The van der Waals surface area contributed by atoms with E-state index in [9.17, 15) is 0 Å². The molecule has 6 nitrogen and oxygen atoms in total. The number of rotatable bonds is 1. The number of halogens is 1. The van der Waals surface area contributed by atoms with Crippen LogP contribution in [-0.4, -0.2) is 26.4 Å². The molecular formula is C12H7ClN4O2. The summed E-state index contributed by atoms with van der Waals surface area (Å²) in [5, 5.41) is 8.73. The van der Waals surface area contributed by atoms with Gasteiger partial charge in [0.25, 0.3) is 0 Å². The maximum absolute atomic E-state index is 6.27. The second-order valence-electron chi connectivity index (χ2n) is 4.01. The molecular weight excluding hydrogens is 268 g/mol. The van der Waals surface area contributed by atoms with Crippen molar-refractivity contribution in [1.29, 1.82) is 0 Å². The maximum Gasteiger partial charge on any atom is 0.231 e. The Morgan fingerprint density at radius 2 is 2.00 bits per heavy atom. The highest BCUT2D eigenvalue weighted by Gasteiger charge is 2.19. The van der Waals surface area contributed by atoms with Gasteiger partial charge in [-0.1, -0.05) is 11.6 Å². The van der Waals surface area contributed by atoms with Crippen LogP contribution in [0.2, 0.25) is 5.02 Å². The van der Waals surface area contributed by atoms with Crippen molar-refractivity contribution in [3.8, 4) is 22.9 Å². The number of aromatic nitrogens is 4. The number of hydrogen-bond donors (Lipinski definition) is 0. The summed E-state index contributed by atoms with van der Waals surface area (Å²) in [6, 6.07) is 3.53. The SMILES string of the molecule is Clc1cc2c(cc1-c1nnc3cnccn13)OCO2. The zero-order chi connectivity index (χ0) is 12.8. The molecule has 1 aromatic carbocycles. The molecule has 0 atom stereocenters. The predicted octanol–water partition coefficient (Wildman–Crippen LogP) is 2.17. The van der Waals surface area contributed by atoms with Crippen LogP contribution in [0.1, 0.15) is 0 Å². The van der Waals surface area contributed by atoms with E-state index < -0.39 is 0 Å². The summed E-state index contributed by atoms with van der Waals surface area (Å²) in [5.41, 5.74) is 1.40. The number of nitrogens with zero attached hydrogens (tertiary/aromatic N) is 4. The molecule has 4 rings (SSSR count). The predicted molar refractivity (Wildman–Crippen MR) is 67.4 cm³/mol. The Hall–Kier alpha value is -2.34. The number of fused-ring (bicyclic) bond motifs is 2. The summed E-state index contributed by atoms with van der Waals surface area (Å²) in [6.07, 6.45) is 5.09. The molecule has 0 radical (unpaired) electrons. The molecule has 0 spiro atoms. The Morgan fingerprint density at radius 1 is 1.16 bits per heavy atom. The summed E-state index contributed by atoms with van der Waals surface area (Å²) in [7, 11) is 0. The average molecular weight is 275 g/mol. The molecule has 7 heteroatoms. The zero-order valence-electron chi connectivity index (χ0n) is 9.58. The molecule has 94 valence electrons. The minimum absolute atomic E-state index is 0.208. The van der Waals surface area contributed by atoms with E-state index >= 15 is 0 Å². The van der Waals surface area contributed by atoms with Crippen molar-refractivity contribution < 1.29 is 9.47 Å². The third kappa shape index (κ3) is 1.53. The van der Waals surface area contributed by atoms with Gasteiger partial charge in [0.1, 0.15) is 0 Å². The molecule has 3 heterocycles. The van der Waals surface area contributed by atoms with E-state index in [2.05, 4.69) is 15.2 Å². The topological polar surface area (TPSA) is 61.5 Å². The van der Waals surface area contributed by atoms with Crippen molar-refractivity contribution >= 4 is 17.2 Å². The van der Waals surface area contributed by atoms with Crippen molar-refractivity contribution in [2.45, 2.75) is 0 Å². The molecule has 1 aliphatic rings. The van der Waals surface area contributed by atoms with E-state index in [1.807, 2.05) is 10.5 Å². The highest BCUT2D eigenvalue weighted by Crippen LogP contribution is 2.40. The quantitative estimate of drug-likeness (QED) is 0.680. The minimum Gasteiger partial charge on any atom is -0.454 e. The van der Waals surface area contributed by atoms with Gasteiger partial charge >= 0.3 is 0 Å². The highest BCUT2D eigenvalue weighted by atomic mass is 35.5. The normalized spacial score (nSPS) is 13.1. The van der Waals surface area contributed by atoms with Gasteiger partial charge in [0, 0.05) is 24.0 Å². The van der Waals surface area contributed by atoms with Gasteiger partial charge in [-0.3, -0.25) is 9.38 Å². The number of benzene rings is 1. The Labute approximate surface area is 112 Å². The Kier molecular flexibility index (Phi) is 2.13. The molecule has 0 aliphatic carbocycles. The van der Waals surface area contributed by atoms with Crippen LogP contribution in [0.15, 0.2) is 30.7 Å². The van der Waals surface area contributed by atoms with Crippen LogP contribution in [0, 0.1) is 0 Å². The Morgan fingerprint density at radius 3 is 2.89 bits per heavy atom. The van der Waals surface area contributed by atoms with Gasteiger partial charge in [0.05, 0.1) is 11.2 Å². The van der Waals surface area contributed by atoms with E-state index in [0.29, 0.717) is 28.0 Å². The van der Waals surface area contributed by atoms with E-state index in [4.69, 9.17) is 21.1 Å². The largest absolute Gasteiger partial charge is 0.454 e. The monoisotopic (exact) mass is 274 g/mol. The fourth-order valence-electron chi connectivity index (χ4n) is 2.03. The Bertz CT molecular complexity index is 786. The van der Waals surface area contributed by atoms with Crippen molar-refractivity contribution in [2.75, 3.05) is 6.79 Å². The van der Waals surface area contributed by atoms with Crippen molar-refractivity contribution in [3.63, 3.8) is 0 Å². The first-order chi connectivity index (χ1) is 9.33. The second kappa shape index (κ2) is 3.83. The Balaban J connectivity index is 1.97. The van der Waals surface area contributed by atoms with Gasteiger partial charge in [-0.25, -0.2) is 0 Å². The van der Waals surface area contributed by atoms with Crippen molar-refractivity contribution in [2.24, 2.45) is 0 Å². The maximum atomic E-state index is 6.27. The van der Waals surface area contributed by atoms with Gasteiger partial charge in [0.15, 0.2) is 23.0 Å². The molecule has 0 bridgehead atoms. The average Bonchev–Trinajstić information content (AvgIpc) is 3.03. The molecule has 0 saturated heterocycles. The molecule has 0 saturated carbocycles. The lowest BCUT2D eigenvalue weighted by molar-refractivity contribution is 0.174. The van der Waals surface area contributed by atoms with Crippen molar-refractivity contribution in [3.05, 3.63) is 35.7 Å². The summed E-state index contributed by atoms with van der Waals surface area (Å²) in [6.45, 7) is 0.208. The highest BCUT2D eigenvalue weighted by molar-refractivity contribution is 6.33. The van der Waals surface area contributed by atoms with E-state index in [1.165, 1.54) is 0 Å². The fraction of sp³-hybridized carbons (Fsp3) is 0.0833. The van der Waals surface area contributed by atoms with Gasteiger partial charge in [-0.05, 0) is 6.07 Å². The van der Waals surface area contributed by atoms with E-state index in [1.54, 1.807) is 24.7 Å². The summed E-state index contributed by atoms with van der Waals surface area (Å²) < 4.78 is 12.4. The van der Waals surface area contributed by atoms with E-state index in [0.717, 1.165) is 5.56 Å². The second-order valence-corrected chi connectivity index (χ2v) is 4.42. The number of ether oxygens (including phenoxy) is 2. The van der Waals surface area contributed by atoms with E-state index in [-0.39, 0.29) is 6.79 Å².